The van der Waals surface area contributed by atoms with Gasteiger partial charge in [0, 0.05) is 33.3 Å². The summed E-state index contributed by atoms with van der Waals surface area (Å²) in [5.74, 6) is 0.394. The van der Waals surface area contributed by atoms with E-state index >= 15 is 0 Å². The van der Waals surface area contributed by atoms with Gasteiger partial charge in [0.05, 0.1) is 12.8 Å². The molecule has 1 saturated heterocycles. The largest absolute Gasteiger partial charge is 0.378 e. The number of rotatable bonds is 6. The number of benzene rings is 1. The molecule has 7 heteroatoms. The van der Waals surface area contributed by atoms with Crippen molar-refractivity contribution in [2.24, 2.45) is 5.92 Å². The maximum absolute atomic E-state index is 12.5. The molecule has 2 amide bonds. The minimum atomic E-state index is 0.0108. The lowest BCUT2D eigenvalue weighted by molar-refractivity contribution is 0.157. The molecule has 1 unspecified atom stereocenters. The molecule has 1 aliphatic heterocycles. The van der Waals surface area contributed by atoms with Crippen molar-refractivity contribution in [2.75, 3.05) is 20.2 Å². The van der Waals surface area contributed by atoms with Crippen LogP contribution in [-0.4, -0.2) is 46.1 Å². The van der Waals surface area contributed by atoms with E-state index in [1.54, 1.807) is 7.11 Å². The minimum absolute atomic E-state index is 0.0108. The van der Waals surface area contributed by atoms with Gasteiger partial charge >= 0.3 is 6.03 Å². The molecule has 1 aromatic heterocycles. The minimum Gasteiger partial charge on any atom is -0.378 e. The summed E-state index contributed by atoms with van der Waals surface area (Å²) in [6, 6.07) is 8.14. The number of nitrogens with one attached hydrogen (secondary N) is 1. The Labute approximate surface area is 154 Å². The SMILES string of the molecule is COCc1cn(CC2CCCN(C(=O)NCc3ccccc3C)C2)nn1. The molecule has 1 aliphatic rings. The first kappa shape index (κ1) is 18.4. The van der Waals surface area contributed by atoms with Gasteiger partial charge in [0.1, 0.15) is 5.69 Å². The predicted octanol–water partition coefficient (Wildman–Crippen LogP) is 2.35. The molecule has 26 heavy (non-hydrogen) atoms. The molecule has 0 aliphatic carbocycles. The molecule has 1 atom stereocenters. The molecule has 3 rings (SSSR count). The highest BCUT2D eigenvalue weighted by molar-refractivity contribution is 5.74. The molecular weight excluding hydrogens is 330 g/mol. The molecule has 1 fully saturated rings. The van der Waals surface area contributed by atoms with Gasteiger partial charge in [-0.2, -0.15) is 0 Å². The fraction of sp³-hybridized carbons (Fsp3) is 0.526. The Bertz CT molecular complexity index is 730. The van der Waals surface area contributed by atoms with Crippen molar-refractivity contribution in [3.63, 3.8) is 0 Å². The molecule has 1 N–H and O–H groups in total. The van der Waals surface area contributed by atoms with Crippen molar-refractivity contribution >= 4 is 6.03 Å². The van der Waals surface area contributed by atoms with Crippen molar-refractivity contribution in [2.45, 2.75) is 39.5 Å². The highest BCUT2D eigenvalue weighted by atomic mass is 16.5. The van der Waals surface area contributed by atoms with Gasteiger partial charge in [-0.25, -0.2) is 4.79 Å². The molecule has 2 aromatic rings. The van der Waals surface area contributed by atoms with E-state index in [1.165, 1.54) is 5.56 Å². The fourth-order valence-electron chi connectivity index (χ4n) is 3.40. The van der Waals surface area contributed by atoms with Crippen LogP contribution in [0.15, 0.2) is 30.5 Å². The Morgan fingerprint density at radius 2 is 2.23 bits per heavy atom. The quantitative estimate of drug-likeness (QED) is 0.861. The Morgan fingerprint density at radius 1 is 1.38 bits per heavy atom. The van der Waals surface area contributed by atoms with Gasteiger partial charge in [0.15, 0.2) is 0 Å². The van der Waals surface area contributed by atoms with E-state index in [0.29, 0.717) is 19.1 Å². The highest BCUT2D eigenvalue weighted by Gasteiger charge is 2.24. The zero-order chi connectivity index (χ0) is 18.4. The van der Waals surface area contributed by atoms with Gasteiger partial charge in [-0.15, -0.1) is 5.10 Å². The molecule has 0 spiro atoms. The van der Waals surface area contributed by atoms with Crippen molar-refractivity contribution in [1.29, 1.82) is 0 Å². The number of aromatic nitrogens is 3. The third-order valence-corrected chi connectivity index (χ3v) is 4.82. The topological polar surface area (TPSA) is 72.3 Å². The van der Waals surface area contributed by atoms with Crippen LogP contribution in [0.4, 0.5) is 4.79 Å². The number of hydrogen-bond acceptors (Lipinski definition) is 4. The zero-order valence-electron chi connectivity index (χ0n) is 15.5. The molecule has 0 saturated carbocycles. The van der Waals surface area contributed by atoms with E-state index < -0.39 is 0 Å². The predicted molar refractivity (Wildman–Crippen MR) is 98.4 cm³/mol. The van der Waals surface area contributed by atoms with Crippen LogP contribution in [0.2, 0.25) is 0 Å². The zero-order valence-corrected chi connectivity index (χ0v) is 15.5. The van der Waals surface area contributed by atoms with Crippen LogP contribution in [0.5, 0.6) is 0 Å². The monoisotopic (exact) mass is 357 g/mol. The number of ether oxygens (including phenoxy) is 1. The van der Waals surface area contributed by atoms with Crippen LogP contribution in [-0.2, 0) is 24.4 Å². The molecule has 140 valence electrons. The molecule has 7 nitrogen and oxygen atoms in total. The van der Waals surface area contributed by atoms with Gasteiger partial charge in [0.2, 0.25) is 0 Å². The number of urea groups is 1. The number of carbonyl (C=O) groups is 1. The molecule has 1 aromatic carbocycles. The lowest BCUT2D eigenvalue weighted by Gasteiger charge is -2.32. The highest BCUT2D eigenvalue weighted by Crippen LogP contribution is 2.18. The third kappa shape index (κ3) is 4.82. The Morgan fingerprint density at radius 3 is 3.04 bits per heavy atom. The average molecular weight is 357 g/mol. The number of likely N-dealkylation sites (tertiary alicyclic amines) is 1. The Kier molecular flexibility index (Phi) is 6.22. The number of nitrogens with zero attached hydrogens (tertiary/aromatic N) is 4. The van der Waals surface area contributed by atoms with E-state index in [9.17, 15) is 4.79 Å². The average Bonchev–Trinajstić information content (AvgIpc) is 3.08. The van der Waals surface area contributed by atoms with Crippen molar-refractivity contribution in [3.8, 4) is 0 Å². The molecule has 0 bridgehead atoms. The van der Waals surface area contributed by atoms with Crippen LogP contribution >= 0.6 is 0 Å². The van der Waals surface area contributed by atoms with Gasteiger partial charge in [0.25, 0.3) is 0 Å². The normalized spacial score (nSPS) is 17.3. The van der Waals surface area contributed by atoms with Gasteiger partial charge in [-0.3, -0.25) is 4.68 Å². The summed E-state index contributed by atoms with van der Waals surface area (Å²) in [4.78, 5) is 14.4. The molecular formula is C19H27N5O2. The Balaban J connectivity index is 1.50. The van der Waals surface area contributed by atoms with Crippen LogP contribution < -0.4 is 5.32 Å². The summed E-state index contributed by atoms with van der Waals surface area (Å²) in [7, 11) is 1.65. The first-order valence-electron chi connectivity index (χ1n) is 9.11. The van der Waals surface area contributed by atoms with Crippen LogP contribution in [0.1, 0.15) is 29.7 Å². The summed E-state index contributed by atoms with van der Waals surface area (Å²) in [6.45, 7) is 5.43. The molecule has 2 heterocycles. The summed E-state index contributed by atoms with van der Waals surface area (Å²) in [6.07, 6.45) is 4.03. The van der Waals surface area contributed by atoms with Crippen molar-refractivity contribution < 1.29 is 9.53 Å². The van der Waals surface area contributed by atoms with E-state index in [-0.39, 0.29) is 6.03 Å². The number of aryl methyl sites for hydroxylation is 1. The summed E-state index contributed by atoms with van der Waals surface area (Å²) in [5, 5.41) is 11.3. The van der Waals surface area contributed by atoms with Crippen LogP contribution in [0.25, 0.3) is 0 Å². The summed E-state index contributed by atoms with van der Waals surface area (Å²) >= 11 is 0. The summed E-state index contributed by atoms with van der Waals surface area (Å²) < 4.78 is 6.93. The smallest absolute Gasteiger partial charge is 0.317 e. The fourth-order valence-corrected chi connectivity index (χ4v) is 3.40. The second-order valence-corrected chi connectivity index (χ2v) is 6.90. The van der Waals surface area contributed by atoms with Crippen LogP contribution in [0.3, 0.4) is 0 Å². The van der Waals surface area contributed by atoms with E-state index in [0.717, 1.165) is 43.7 Å². The van der Waals surface area contributed by atoms with E-state index in [2.05, 4.69) is 34.7 Å². The number of methoxy groups -OCH3 is 1. The number of amides is 2. The maximum Gasteiger partial charge on any atom is 0.317 e. The second-order valence-electron chi connectivity index (χ2n) is 6.90. The first-order valence-corrected chi connectivity index (χ1v) is 9.11. The Hall–Kier alpha value is -2.41. The standard InChI is InChI=1S/C19H27N5O2/c1-15-6-3-4-8-17(15)10-20-19(25)23-9-5-7-16(11-23)12-24-13-18(14-26-2)21-22-24/h3-4,6,8,13,16H,5,7,9-12,14H2,1-2H3,(H,20,25). The van der Waals surface area contributed by atoms with Crippen LogP contribution in [0, 0.1) is 12.8 Å². The summed E-state index contributed by atoms with van der Waals surface area (Å²) in [5.41, 5.74) is 3.18. The van der Waals surface area contributed by atoms with E-state index in [1.807, 2.05) is 27.9 Å². The number of hydrogen-bond donors (Lipinski definition) is 1. The number of carbonyl (C=O) groups excluding carboxylic acids is 1. The second kappa shape index (κ2) is 8.80. The van der Waals surface area contributed by atoms with Gasteiger partial charge < -0.3 is 15.0 Å². The number of piperidine rings is 1. The van der Waals surface area contributed by atoms with Crippen molar-refractivity contribution in [3.05, 3.63) is 47.3 Å². The lowest BCUT2D eigenvalue weighted by atomic mass is 9.98. The molecule has 0 radical (unpaired) electrons. The third-order valence-electron chi connectivity index (χ3n) is 4.82. The van der Waals surface area contributed by atoms with E-state index in [4.69, 9.17) is 4.74 Å². The maximum atomic E-state index is 12.5. The first-order chi connectivity index (χ1) is 12.7. The van der Waals surface area contributed by atoms with Gasteiger partial charge in [-0.1, -0.05) is 29.5 Å². The van der Waals surface area contributed by atoms with Crippen molar-refractivity contribution in [1.82, 2.24) is 25.2 Å². The van der Waals surface area contributed by atoms with Gasteiger partial charge in [-0.05, 0) is 36.8 Å². The lowest BCUT2D eigenvalue weighted by Crippen LogP contribution is -2.46.